The first-order valence-corrected chi connectivity index (χ1v) is 14.2. The minimum Gasteiger partial charge on any atom is -0.351 e. The number of likely N-dealkylation sites (tertiary alicyclic amines) is 1. The van der Waals surface area contributed by atoms with Gasteiger partial charge in [0.1, 0.15) is 0 Å². The number of nitrogens with zero attached hydrogens (tertiary/aromatic N) is 3. The van der Waals surface area contributed by atoms with Gasteiger partial charge in [0.25, 0.3) is 0 Å². The molecule has 3 amide bonds. The third-order valence-corrected chi connectivity index (χ3v) is 8.50. The first-order valence-electron chi connectivity index (χ1n) is 14.2. The van der Waals surface area contributed by atoms with E-state index in [4.69, 9.17) is 5.73 Å². The standard InChI is InChI=1S/C31H43FN4O3/c1-5-23-8-6-7-9-26(23)29(24-10-12-25(39-32)13-11-24)35-18-19-36(27(21-35)31(2,3)4)28(37)20-22-14-16-34(17-15-22)30(33)38/h6-13,22,27,29H,5,14-21H2,1-4H3,(H2,33,38)/t27-,29?/m1/s1. The molecular weight excluding hydrogens is 495 g/mol. The van der Waals surface area contributed by atoms with Crippen LogP contribution in [0.2, 0.25) is 0 Å². The van der Waals surface area contributed by atoms with Crippen molar-refractivity contribution in [3.63, 3.8) is 0 Å². The number of rotatable bonds is 7. The van der Waals surface area contributed by atoms with Crippen molar-refractivity contribution in [1.82, 2.24) is 14.7 Å². The summed E-state index contributed by atoms with van der Waals surface area (Å²) in [6.45, 7) is 12.1. The molecule has 0 radical (unpaired) electrons. The average Bonchev–Trinajstić information content (AvgIpc) is 2.93. The van der Waals surface area contributed by atoms with Gasteiger partial charge in [0.05, 0.1) is 6.04 Å². The number of benzene rings is 2. The van der Waals surface area contributed by atoms with Crippen LogP contribution < -0.4 is 10.7 Å². The summed E-state index contributed by atoms with van der Waals surface area (Å²) in [6, 6.07) is 15.4. The molecule has 4 rings (SSSR count). The maximum atomic E-state index is 13.7. The van der Waals surface area contributed by atoms with Crippen molar-refractivity contribution < 1.29 is 19.1 Å². The van der Waals surface area contributed by atoms with E-state index in [0.29, 0.717) is 26.1 Å². The van der Waals surface area contributed by atoms with Crippen LogP contribution in [0.1, 0.15) is 69.7 Å². The molecule has 1 unspecified atom stereocenters. The molecule has 0 aliphatic carbocycles. The number of piperidine rings is 1. The van der Waals surface area contributed by atoms with Gasteiger partial charge in [0.15, 0.2) is 5.75 Å². The van der Waals surface area contributed by atoms with Gasteiger partial charge in [-0.25, -0.2) is 4.79 Å². The van der Waals surface area contributed by atoms with E-state index in [-0.39, 0.29) is 41.1 Å². The SMILES string of the molecule is CCc1ccccc1C(c1ccc(OF)cc1)N1CCN(C(=O)CC2CCN(C(N)=O)CC2)[C@@H](C(C)(C)C)C1. The van der Waals surface area contributed by atoms with Gasteiger partial charge in [-0.05, 0) is 59.4 Å². The highest BCUT2D eigenvalue weighted by atomic mass is 19.3. The monoisotopic (exact) mass is 538 g/mol. The summed E-state index contributed by atoms with van der Waals surface area (Å²) in [5.74, 6) is 0.653. The van der Waals surface area contributed by atoms with Crippen LogP contribution in [0.25, 0.3) is 0 Å². The molecule has 0 saturated carbocycles. The zero-order chi connectivity index (χ0) is 28.2. The first kappa shape index (κ1) is 28.9. The number of carbonyl (C=O) groups is 2. The summed E-state index contributed by atoms with van der Waals surface area (Å²) in [6.07, 6.45) is 3.03. The Balaban J connectivity index is 1.57. The van der Waals surface area contributed by atoms with Crippen LogP contribution in [0.4, 0.5) is 9.32 Å². The molecule has 2 aliphatic rings. The van der Waals surface area contributed by atoms with E-state index in [0.717, 1.165) is 37.9 Å². The summed E-state index contributed by atoms with van der Waals surface area (Å²) in [5, 5.41) is 0. The molecule has 2 aromatic rings. The third kappa shape index (κ3) is 6.72. The number of primary amides is 1. The number of carbonyl (C=O) groups excluding carboxylic acids is 2. The fraction of sp³-hybridized carbons (Fsp3) is 0.548. The van der Waals surface area contributed by atoms with Crippen LogP contribution in [-0.4, -0.2) is 65.4 Å². The summed E-state index contributed by atoms with van der Waals surface area (Å²) >= 11 is 0. The van der Waals surface area contributed by atoms with Crippen LogP contribution in [0.3, 0.4) is 0 Å². The normalized spacial score (nSPS) is 20.1. The van der Waals surface area contributed by atoms with Crippen LogP contribution in [0, 0.1) is 11.3 Å². The summed E-state index contributed by atoms with van der Waals surface area (Å²) in [4.78, 5) is 35.4. The lowest BCUT2D eigenvalue weighted by atomic mass is 9.82. The fourth-order valence-corrected chi connectivity index (χ4v) is 6.21. The van der Waals surface area contributed by atoms with Gasteiger partial charge in [-0.1, -0.05) is 64.1 Å². The Morgan fingerprint density at radius 2 is 1.69 bits per heavy atom. The number of hydrogen-bond acceptors (Lipinski definition) is 4. The minimum absolute atomic E-state index is 0.0185. The molecular formula is C31H43FN4O3. The first-order chi connectivity index (χ1) is 18.6. The zero-order valence-corrected chi connectivity index (χ0v) is 23.7. The Morgan fingerprint density at radius 1 is 1.03 bits per heavy atom. The van der Waals surface area contributed by atoms with Gasteiger partial charge >= 0.3 is 6.03 Å². The summed E-state index contributed by atoms with van der Waals surface area (Å²) < 4.78 is 12.8. The molecule has 2 fully saturated rings. The maximum Gasteiger partial charge on any atom is 0.314 e. The van der Waals surface area contributed by atoms with Gasteiger partial charge in [0, 0.05) is 49.7 Å². The van der Waals surface area contributed by atoms with Crippen LogP contribution in [-0.2, 0) is 11.2 Å². The molecule has 2 aliphatic heterocycles. The van der Waals surface area contributed by atoms with E-state index < -0.39 is 0 Å². The zero-order valence-electron chi connectivity index (χ0n) is 23.7. The van der Waals surface area contributed by atoms with Crippen molar-refractivity contribution >= 4 is 11.9 Å². The lowest BCUT2D eigenvalue weighted by Gasteiger charge is -2.50. The Bertz CT molecular complexity index is 1130. The van der Waals surface area contributed by atoms with Gasteiger partial charge in [0.2, 0.25) is 5.91 Å². The predicted molar refractivity (Wildman–Crippen MR) is 151 cm³/mol. The Kier molecular flexibility index (Phi) is 9.15. The summed E-state index contributed by atoms with van der Waals surface area (Å²) in [5.41, 5.74) is 8.91. The topological polar surface area (TPSA) is 79.1 Å². The van der Waals surface area contributed by atoms with Crippen molar-refractivity contribution in [2.75, 3.05) is 32.7 Å². The molecule has 0 aromatic heterocycles. The smallest absolute Gasteiger partial charge is 0.314 e. The number of amides is 3. The Hall–Kier alpha value is -3.13. The number of halogens is 1. The highest BCUT2D eigenvalue weighted by Gasteiger charge is 2.41. The summed E-state index contributed by atoms with van der Waals surface area (Å²) in [7, 11) is 0. The molecule has 2 atom stereocenters. The second-order valence-corrected chi connectivity index (χ2v) is 12.0. The lowest BCUT2D eigenvalue weighted by Crippen LogP contribution is -2.60. The molecule has 0 spiro atoms. The van der Waals surface area contributed by atoms with Crippen molar-refractivity contribution in [3.05, 3.63) is 65.2 Å². The predicted octanol–water partition coefficient (Wildman–Crippen LogP) is 5.34. The van der Waals surface area contributed by atoms with E-state index in [1.165, 1.54) is 11.1 Å². The van der Waals surface area contributed by atoms with Crippen LogP contribution in [0.15, 0.2) is 48.5 Å². The van der Waals surface area contributed by atoms with Gasteiger partial charge in [-0.3, -0.25) is 14.6 Å². The molecule has 212 valence electrons. The molecule has 2 saturated heterocycles. The average molecular weight is 539 g/mol. The van der Waals surface area contributed by atoms with Crippen molar-refractivity contribution in [2.45, 2.75) is 65.5 Å². The molecule has 7 nitrogen and oxygen atoms in total. The molecule has 8 heteroatoms. The largest absolute Gasteiger partial charge is 0.351 e. The molecule has 39 heavy (non-hydrogen) atoms. The lowest BCUT2D eigenvalue weighted by molar-refractivity contribution is -0.141. The van der Waals surface area contributed by atoms with E-state index >= 15 is 0 Å². The van der Waals surface area contributed by atoms with Crippen LogP contribution in [0.5, 0.6) is 5.75 Å². The van der Waals surface area contributed by atoms with E-state index in [1.54, 1.807) is 17.0 Å². The number of piperazine rings is 1. The number of urea groups is 1. The van der Waals surface area contributed by atoms with Crippen molar-refractivity contribution in [3.8, 4) is 5.75 Å². The van der Waals surface area contributed by atoms with Crippen molar-refractivity contribution in [1.29, 1.82) is 0 Å². The quantitative estimate of drug-likeness (QED) is 0.516. The fourth-order valence-electron chi connectivity index (χ4n) is 6.21. The number of aryl methyl sites for hydroxylation is 1. The number of hydrogen-bond donors (Lipinski definition) is 1. The van der Waals surface area contributed by atoms with Gasteiger partial charge in [-0.2, -0.15) is 0 Å². The van der Waals surface area contributed by atoms with E-state index in [9.17, 15) is 14.1 Å². The highest BCUT2D eigenvalue weighted by Crippen LogP contribution is 2.37. The van der Waals surface area contributed by atoms with Crippen LogP contribution >= 0.6 is 0 Å². The third-order valence-electron chi connectivity index (χ3n) is 8.50. The maximum absolute atomic E-state index is 13.7. The molecule has 2 aromatic carbocycles. The van der Waals surface area contributed by atoms with Crippen molar-refractivity contribution in [2.24, 2.45) is 17.1 Å². The second kappa shape index (κ2) is 12.4. The second-order valence-electron chi connectivity index (χ2n) is 12.0. The molecule has 2 N–H and O–H groups in total. The Labute approximate surface area is 232 Å². The number of nitrogens with two attached hydrogens (primary N) is 1. The van der Waals surface area contributed by atoms with Gasteiger partial charge in [-0.15, -0.1) is 0 Å². The van der Waals surface area contributed by atoms with Gasteiger partial charge < -0.3 is 15.5 Å². The van der Waals surface area contributed by atoms with E-state index in [2.05, 4.69) is 66.7 Å². The molecule has 2 heterocycles. The minimum atomic E-state index is -0.380. The Morgan fingerprint density at radius 3 is 2.28 bits per heavy atom. The molecule has 0 bridgehead atoms. The highest BCUT2D eigenvalue weighted by molar-refractivity contribution is 5.77. The van der Waals surface area contributed by atoms with E-state index in [1.807, 2.05) is 12.1 Å².